The second-order valence-corrected chi connectivity index (χ2v) is 6.61. The SMILES string of the molecule is COc1cccc(SCC(=O)N2CCC[C@](C)(C#N)C2)c1. The van der Waals surface area contributed by atoms with Crippen LogP contribution in [0.3, 0.4) is 0 Å². The summed E-state index contributed by atoms with van der Waals surface area (Å²) >= 11 is 1.51. The number of carbonyl (C=O) groups excluding carboxylic acids is 1. The lowest BCUT2D eigenvalue weighted by Gasteiger charge is -2.35. The lowest BCUT2D eigenvalue weighted by molar-refractivity contribution is -0.130. The molecule has 1 fully saturated rings. The van der Waals surface area contributed by atoms with Gasteiger partial charge in [0.1, 0.15) is 5.75 Å². The number of methoxy groups -OCH3 is 1. The van der Waals surface area contributed by atoms with Gasteiger partial charge in [-0.25, -0.2) is 0 Å². The number of piperidine rings is 1. The zero-order valence-corrected chi connectivity index (χ0v) is 13.3. The lowest BCUT2D eigenvalue weighted by Crippen LogP contribution is -2.45. The Hall–Kier alpha value is -1.67. The van der Waals surface area contributed by atoms with Crippen LogP contribution in [0.1, 0.15) is 19.8 Å². The van der Waals surface area contributed by atoms with Gasteiger partial charge in [-0.3, -0.25) is 4.79 Å². The van der Waals surface area contributed by atoms with E-state index in [2.05, 4.69) is 6.07 Å². The van der Waals surface area contributed by atoms with Crippen LogP contribution >= 0.6 is 11.8 Å². The molecule has 1 heterocycles. The van der Waals surface area contributed by atoms with E-state index in [1.54, 1.807) is 7.11 Å². The van der Waals surface area contributed by atoms with Gasteiger partial charge in [0, 0.05) is 18.0 Å². The topological polar surface area (TPSA) is 53.3 Å². The van der Waals surface area contributed by atoms with Crippen molar-refractivity contribution in [1.29, 1.82) is 5.26 Å². The monoisotopic (exact) mass is 304 g/mol. The standard InChI is InChI=1S/C16H20N2O2S/c1-16(11-17)7-4-8-18(12-16)15(19)10-21-14-6-3-5-13(9-14)20-2/h3,5-6,9H,4,7-8,10,12H2,1-2H3/t16-/m1/s1. The minimum absolute atomic E-state index is 0.101. The number of rotatable bonds is 4. The third kappa shape index (κ3) is 4.15. The molecule has 2 rings (SSSR count). The van der Waals surface area contributed by atoms with Crippen LogP contribution in [0.5, 0.6) is 5.75 Å². The molecule has 1 aliphatic heterocycles. The molecule has 0 aliphatic carbocycles. The third-order valence-electron chi connectivity index (χ3n) is 3.72. The normalized spacial score (nSPS) is 21.7. The second kappa shape index (κ2) is 6.86. The van der Waals surface area contributed by atoms with Crippen LogP contribution in [0.25, 0.3) is 0 Å². The van der Waals surface area contributed by atoms with E-state index in [9.17, 15) is 10.1 Å². The Morgan fingerprint density at radius 3 is 3.10 bits per heavy atom. The Morgan fingerprint density at radius 2 is 2.38 bits per heavy atom. The summed E-state index contributed by atoms with van der Waals surface area (Å²) in [6.07, 6.45) is 1.77. The van der Waals surface area contributed by atoms with Gasteiger partial charge >= 0.3 is 0 Å². The Kier molecular flexibility index (Phi) is 5.13. The highest BCUT2D eigenvalue weighted by atomic mass is 32.2. The van der Waals surface area contributed by atoms with Crippen LogP contribution in [-0.2, 0) is 4.79 Å². The third-order valence-corrected chi connectivity index (χ3v) is 4.70. The summed E-state index contributed by atoms with van der Waals surface area (Å²) in [5.41, 5.74) is -0.394. The molecule has 1 saturated heterocycles. The maximum Gasteiger partial charge on any atom is 0.232 e. The summed E-state index contributed by atoms with van der Waals surface area (Å²) in [5, 5.41) is 9.21. The maximum atomic E-state index is 12.3. The predicted octanol–water partition coefficient (Wildman–Crippen LogP) is 2.94. The minimum atomic E-state index is -0.394. The van der Waals surface area contributed by atoms with Crippen LogP contribution in [0, 0.1) is 16.7 Å². The van der Waals surface area contributed by atoms with Crippen LogP contribution in [0.2, 0.25) is 0 Å². The van der Waals surface area contributed by atoms with Crippen LogP contribution in [0.4, 0.5) is 0 Å². The molecule has 112 valence electrons. The lowest BCUT2D eigenvalue weighted by atomic mass is 9.83. The van der Waals surface area contributed by atoms with Gasteiger partial charge in [0.15, 0.2) is 0 Å². The molecule has 1 aliphatic rings. The molecule has 1 aromatic carbocycles. The molecule has 1 aromatic rings. The Bertz CT molecular complexity index is 555. The number of ether oxygens (including phenoxy) is 1. The number of benzene rings is 1. The number of thioether (sulfide) groups is 1. The molecule has 4 nitrogen and oxygen atoms in total. The van der Waals surface area contributed by atoms with E-state index in [-0.39, 0.29) is 5.91 Å². The highest BCUT2D eigenvalue weighted by Gasteiger charge is 2.32. The number of carbonyl (C=O) groups is 1. The largest absolute Gasteiger partial charge is 0.497 e. The van der Waals surface area contributed by atoms with Gasteiger partial charge < -0.3 is 9.64 Å². The van der Waals surface area contributed by atoms with Crippen molar-refractivity contribution < 1.29 is 9.53 Å². The number of nitriles is 1. The first-order valence-electron chi connectivity index (χ1n) is 7.02. The molecule has 0 N–H and O–H groups in total. The van der Waals surface area contributed by atoms with E-state index in [1.807, 2.05) is 36.1 Å². The van der Waals surface area contributed by atoms with Crippen molar-refractivity contribution in [1.82, 2.24) is 4.90 Å². The van der Waals surface area contributed by atoms with Crippen molar-refractivity contribution in [2.45, 2.75) is 24.7 Å². The minimum Gasteiger partial charge on any atom is -0.497 e. The van der Waals surface area contributed by atoms with Crippen LogP contribution in [-0.4, -0.2) is 36.8 Å². The van der Waals surface area contributed by atoms with E-state index >= 15 is 0 Å². The Labute approximate surface area is 130 Å². The molecular formula is C16H20N2O2S. The molecule has 0 radical (unpaired) electrons. The summed E-state index contributed by atoms with van der Waals surface area (Å²) in [6.45, 7) is 3.23. The van der Waals surface area contributed by atoms with Crippen molar-refractivity contribution in [3.8, 4) is 11.8 Å². The average molecular weight is 304 g/mol. The van der Waals surface area contributed by atoms with Crippen molar-refractivity contribution in [3.63, 3.8) is 0 Å². The van der Waals surface area contributed by atoms with Crippen LogP contribution in [0.15, 0.2) is 29.2 Å². The number of likely N-dealkylation sites (tertiary alicyclic amines) is 1. The molecule has 0 saturated carbocycles. The molecule has 0 spiro atoms. The summed E-state index contributed by atoms with van der Waals surface area (Å²) < 4.78 is 5.18. The zero-order chi connectivity index (χ0) is 15.3. The van der Waals surface area contributed by atoms with Gasteiger partial charge in [0.25, 0.3) is 0 Å². The van der Waals surface area contributed by atoms with Gasteiger partial charge in [-0.05, 0) is 38.0 Å². The van der Waals surface area contributed by atoms with E-state index in [4.69, 9.17) is 4.74 Å². The van der Waals surface area contributed by atoms with Gasteiger partial charge in [0.05, 0.1) is 24.3 Å². The van der Waals surface area contributed by atoms with Crippen molar-refractivity contribution in [2.24, 2.45) is 5.41 Å². The van der Waals surface area contributed by atoms with Crippen molar-refractivity contribution in [2.75, 3.05) is 26.0 Å². The smallest absolute Gasteiger partial charge is 0.232 e. The first kappa shape index (κ1) is 15.7. The summed E-state index contributed by atoms with van der Waals surface area (Å²) in [7, 11) is 1.63. The van der Waals surface area contributed by atoms with E-state index < -0.39 is 5.41 Å². The fourth-order valence-corrected chi connectivity index (χ4v) is 3.32. The van der Waals surface area contributed by atoms with Gasteiger partial charge in [-0.15, -0.1) is 11.8 Å². The second-order valence-electron chi connectivity index (χ2n) is 5.56. The van der Waals surface area contributed by atoms with E-state index in [1.165, 1.54) is 11.8 Å². The molecule has 0 bridgehead atoms. The maximum absolute atomic E-state index is 12.3. The fraction of sp³-hybridized carbons (Fsp3) is 0.500. The summed E-state index contributed by atoms with van der Waals surface area (Å²) in [6, 6.07) is 10.0. The van der Waals surface area contributed by atoms with Crippen LogP contribution < -0.4 is 4.74 Å². The Morgan fingerprint density at radius 1 is 1.57 bits per heavy atom. The number of hydrogen-bond acceptors (Lipinski definition) is 4. The van der Waals surface area contributed by atoms with Crippen molar-refractivity contribution >= 4 is 17.7 Å². The molecule has 21 heavy (non-hydrogen) atoms. The number of nitrogens with zero attached hydrogens (tertiary/aromatic N) is 2. The van der Waals surface area contributed by atoms with E-state index in [0.717, 1.165) is 30.0 Å². The number of hydrogen-bond donors (Lipinski definition) is 0. The first-order valence-corrected chi connectivity index (χ1v) is 8.01. The van der Waals surface area contributed by atoms with Gasteiger partial charge in [-0.1, -0.05) is 6.07 Å². The molecule has 5 heteroatoms. The summed E-state index contributed by atoms with van der Waals surface area (Å²) in [4.78, 5) is 15.1. The average Bonchev–Trinajstić information content (AvgIpc) is 2.53. The van der Waals surface area contributed by atoms with Crippen molar-refractivity contribution in [3.05, 3.63) is 24.3 Å². The molecule has 0 unspecified atom stereocenters. The zero-order valence-electron chi connectivity index (χ0n) is 12.5. The predicted molar refractivity (Wildman–Crippen MR) is 83.3 cm³/mol. The van der Waals surface area contributed by atoms with Gasteiger partial charge in [-0.2, -0.15) is 5.26 Å². The highest BCUT2D eigenvalue weighted by molar-refractivity contribution is 8.00. The first-order chi connectivity index (χ1) is 10.1. The quantitative estimate of drug-likeness (QED) is 0.803. The highest BCUT2D eigenvalue weighted by Crippen LogP contribution is 2.29. The Balaban J connectivity index is 1.91. The van der Waals surface area contributed by atoms with E-state index in [0.29, 0.717) is 12.3 Å². The van der Waals surface area contributed by atoms with Gasteiger partial charge in [0.2, 0.25) is 5.91 Å². The molecule has 1 amide bonds. The summed E-state index contributed by atoms with van der Waals surface area (Å²) in [5.74, 6) is 1.29. The molecule has 0 aromatic heterocycles. The fourth-order valence-electron chi connectivity index (χ4n) is 2.47. The number of amides is 1. The molecule has 1 atom stereocenters. The molecular weight excluding hydrogens is 284 g/mol.